The third kappa shape index (κ3) is 5.70. The molecule has 144 valence electrons. The van der Waals surface area contributed by atoms with E-state index in [2.05, 4.69) is 41.4 Å². The molecular formula is C17H25ClN4O2S2. The lowest BCUT2D eigenvalue weighted by Gasteiger charge is -2.21. The first-order chi connectivity index (χ1) is 11.9. The number of carbonyl (C=O) groups excluding carboxylic acids is 1. The predicted molar refractivity (Wildman–Crippen MR) is 108 cm³/mol. The Morgan fingerprint density at radius 2 is 2.23 bits per heavy atom. The van der Waals surface area contributed by atoms with Crippen molar-refractivity contribution in [2.75, 3.05) is 18.4 Å². The Morgan fingerprint density at radius 1 is 1.42 bits per heavy atom. The number of rotatable bonds is 5. The lowest BCUT2D eigenvalue weighted by molar-refractivity contribution is -0.120. The van der Waals surface area contributed by atoms with Crippen molar-refractivity contribution >= 4 is 46.5 Å². The van der Waals surface area contributed by atoms with Gasteiger partial charge >= 0.3 is 0 Å². The highest BCUT2D eigenvalue weighted by Crippen LogP contribution is 2.32. The lowest BCUT2D eigenvalue weighted by atomic mass is 9.94. The fraction of sp³-hybridized carbons (Fsp3) is 0.588. The van der Waals surface area contributed by atoms with Crippen LogP contribution in [0.4, 0.5) is 5.13 Å². The van der Waals surface area contributed by atoms with Gasteiger partial charge in [0.05, 0.1) is 28.3 Å². The van der Waals surface area contributed by atoms with E-state index in [1.165, 1.54) is 11.3 Å². The normalized spacial score (nSPS) is 17.6. The number of piperidine rings is 1. The molecule has 1 unspecified atom stereocenters. The minimum absolute atomic E-state index is 0. The molecule has 1 atom stereocenters. The Morgan fingerprint density at radius 3 is 2.88 bits per heavy atom. The average molecular weight is 417 g/mol. The van der Waals surface area contributed by atoms with Crippen molar-refractivity contribution in [1.29, 1.82) is 0 Å². The molecule has 1 aliphatic rings. The molecule has 1 fully saturated rings. The number of thiazole rings is 1. The predicted octanol–water partition coefficient (Wildman–Crippen LogP) is 4.08. The topological polar surface area (TPSA) is 80.0 Å². The van der Waals surface area contributed by atoms with Gasteiger partial charge in [-0.2, -0.15) is 0 Å². The van der Waals surface area contributed by atoms with Crippen LogP contribution in [0.25, 0.3) is 0 Å². The van der Waals surface area contributed by atoms with E-state index in [9.17, 15) is 4.79 Å². The van der Waals surface area contributed by atoms with Crippen molar-refractivity contribution in [3.05, 3.63) is 24.0 Å². The van der Waals surface area contributed by atoms with Crippen LogP contribution in [0, 0.1) is 5.92 Å². The molecule has 6 nitrogen and oxygen atoms in total. The second kappa shape index (κ2) is 9.21. The molecule has 0 aliphatic carbocycles. The first-order valence-corrected chi connectivity index (χ1v) is 10.3. The van der Waals surface area contributed by atoms with Crippen molar-refractivity contribution in [2.45, 2.75) is 49.0 Å². The number of amides is 1. The van der Waals surface area contributed by atoms with Crippen LogP contribution in [0.15, 0.2) is 21.0 Å². The van der Waals surface area contributed by atoms with Crippen LogP contribution in [0.2, 0.25) is 0 Å². The van der Waals surface area contributed by atoms with Crippen LogP contribution >= 0.6 is 35.5 Å². The number of nitrogens with zero attached hydrogens (tertiary/aromatic N) is 2. The van der Waals surface area contributed by atoms with Crippen LogP contribution in [0.1, 0.15) is 45.3 Å². The summed E-state index contributed by atoms with van der Waals surface area (Å²) in [5.41, 5.74) is -0.0359. The molecule has 0 aromatic carbocycles. The Bertz CT molecular complexity index is 720. The van der Waals surface area contributed by atoms with Crippen LogP contribution in [-0.4, -0.2) is 29.0 Å². The Kier molecular flexibility index (Phi) is 7.52. The van der Waals surface area contributed by atoms with Crippen LogP contribution < -0.4 is 10.6 Å². The van der Waals surface area contributed by atoms with Gasteiger partial charge in [-0.1, -0.05) is 32.1 Å². The van der Waals surface area contributed by atoms with E-state index >= 15 is 0 Å². The molecule has 0 radical (unpaired) electrons. The van der Waals surface area contributed by atoms with Crippen LogP contribution in [0.3, 0.4) is 0 Å². The van der Waals surface area contributed by atoms with Crippen molar-refractivity contribution in [3.63, 3.8) is 0 Å². The zero-order valence-electron chi connectivity index (χ0n) is 15.2. The fourth-order valence-corrected chi connectivity index (χ4v) is 4.25. The van der Waals surface area contributed by atoms with Crippen LogP contribution in [-0.2, 0) is 16.0 Å². The summed E-state index contributed by atoms with van der Waals surface area (Å²) in [6.45, 7) is 8.05. The first kappa shape index (κ1) is 21.2. The maximum absolute atomic E-state index is 12.2. The molecule has 0 bridgehead atoms. The zero-order chi connectivity index (χ0) is 17.9. The van der Waals surface area contributed by atoms with E-state index in [1.807, 2.05) is 0 Å². The van der Waals surface area contributed by atoms with E-state index in [4.69, 9.17) is 4.42 Å². The van der Waals surface area contributed by atoms with Gasteiger partial charge in [0.1, 0.15) is 5.76 Å². The molecular weight excluding hydrogens is 392 g/mol. The highest BCUT2D eigenvalue weighted by molar-refractivity contribution is 8.00. The summed E-state index contributed by atoms with van der Waals surface area (Å²) >= 11 is 3.10. The number of anilines is 1. The molecule has 26 heavy (non-hydrogen) atoms. The minimum atomic E-state index is -0.0359. The van der Waals surface area contributed by atoms with Crippen molar-refractivity contribution in [3.8, 4) is 0 Å². The quantitative estimate of drug-likeness (QED) is 0.715. The molecule has 9 heteroatoms. The van der Waals surface area contributed by atoms with E-state index in [1.54, 1.807) is 24.2 Å². The molecule has 1 aliphatic heterocycles. The zero-order valence-corrected chi connectivity index (χ0v) is 17.7. The fourth-order valence-electron chi connectivity index (χ4n) is 2.52. The summed E-state index contributed by atoms with van der Waals surface area (Å²) in [6.07, 6.45) is 5.57. The number of hydrogen-bond donors (Lipinski definition) is 2. The van der Waals surface area contributed by atoms with E-state index in [-0.39, 0.29) is 29.6 Å². The van der Waals surface area contributed by atoms with Gasteiger partial charge in [0.15, 0.2) is 5.13 Å². The van der Waals surface area contributed by atoms with Crippen LogP contribution in [0.5, 0.6) is 0 Å². The smallest absolute Gasteiger partial charge is 0.230 e. The van der Waals surface area contributed by atoms with Crippen molar-refractivity contribution < 1.29 is 9.21 Å². The van der Waals surface area contributed by atoms with Crippen molar-refractivity contribution in [1.82, 2.24) is 15.3 Å². The van der Waals surface area contributed by atoms with Gasteiger partial charge in [-0.25, -0.2) is 9.97 Å². The summed E-state index contributed by atoms with van der Waals surface area (Å²) in [5.74, 6) is 2.35. The summed E-state index contributed by atoms with van der Waals surface area (Å²) < 4.78 is 6.83. The number of carbonyl (C=O) groups is 1. The molecule has 0 spiro atoms. The van der Waals surface area contributed by atoms with Gasteiger partial charge in [-0.3, -0.25) is 4.79 Å². The van der Waals surface area contributed by atoms with Gasteiger partial charge in [0, 0.05) is 12.0 Å². The first-order valence-electron chi connectivity index (χ1n) is 8.47. The number of halogens is 1. The summed E-state index contributed by atoms with van der Waals surface area (Å²) in [6, 6.07) is 0. The highest BCUT2D eigenvalue weighted by atomic mass is 35.5. The Balaban J connectivity index is 0.00000243. The molecule has 2 N–H and O–H groups in total. The molecule has 2 aromatic rings. The van der Waals surface area contributed by atoms with Gasteiger partial charge in [0.25, 0.3) is 0 Å². The maximum atomic E-state index is 12.2. The van der Waals surface area contributed by atoms with Gasteiger partial charge in [0.2, 0.25) is 11.8 Å². The lowest BCUT2D eigenvalue weighted by Crippen LogP contribution is -2.37. The van der Waals surface area contributed by atoms with Gasteiger partial charge < -0.3 is 15.1 Å². The number of thioether (sulfide) groups is 1. The SMILES string of the molecule is CC(C)(C)c1cnc(CSc2cnc(NC(=O)C3CCCNC3)s2)o1.Cl. The highest BCUT2D eigenvalue weighted by Gasteiger charge is 2.22. The second-order valence-electron chi connectivity index (χ2n) is 7.17. The van der Waals surface area contributed by atoms with E-state index in [0.717, 1.165) is 35.9 Å². The Hall–Kier alpha value is -1.09. The average Bonchev–Trinajstić information content (AvgIpc) is 3.22. The minimum Gasteiger partial charge on any atom is -0.444 e. The molecule has 1 amide bonds. The number of aromatic nitrogens is 2. The summed E-state index contributed by atoms with van der Waals surface area (Å²) in [7, 11) is 0. The molecule has 3 rings (SSSR count). The molecule has 2 aromatic heterocycles. The third-order valence-electron chi connectivity index (χ3n) is 4.01. The number of nitrogens with one attached hydrogen (secondary N) is 2. The molecule has 1 saturated heterocycles. The van der Waals surface area contributed by atoms with Gasteiger partial charge in [-0.15, -0.1) is 24.2 Å². The maximum Gasteiger partial charge on any atom is 0.230 e. The largest absolute Gasteiger partial charge is 0.444 e. The summed E-state index contributed by atoms with van der Waals surface area (Å²) in [4.78, 5) is 20.9. The van der Waals surface area contributed by atoms with E-state index in [0.29, 0.717) is 16.8 Å². The summed E-state index contributed by atoms with van der Waals surface area (Å²) in [5, 5.41) is 6.84. The number of oxazole rings is 1. The Labute approximate surface area is 168 Å². The molecule has 3 heterocycles. The standard InChI is InChI=1S/C17H24N4O2S2.ClH/c1-17(2,3)12-8-19-13(23-12)10-24-14-9-20-16(25-14)21-15(22)11-5-4-6-18-7-11;/h8-9,11,18H,4-7,10H2,1-3H3,(H,20,21,22);1H. The third-order valence-corrected chi connectivity index (χ3v) is 6.11. The van der Waals surface area contributed by atoms with Gasteiger partial charge in [-0.05, 0) is 19.4 Å². The van der Waals surface area contributed by atoms with E-state index < -0.39 is 0 Å². The molecule has 0 saturated carbocycles. The van der Waals surface area contributed by atoms with Crippen molar-refractivity contribution in [2.24, 2.45) is 5.92 Å². The second-order valence-corrected chi connectivity index (χ2v) is 9.48. The number of hydrogen-bond acceptors (Lipinski definition) is 7. The monoisotopic (exact) mass is 416 g/mol.